The molecule has 112 valence electrons. The minimum absolute atomic E-state index is 0.000114. The molecular weight excluding hydrogens is 270 g/mol. The minimum Gasteiger partial charge on any atom is -0.485 e. The van der Waals surface area contributed by atoms with Crippen LogP contribution in [0.4, 0.5) is 5.69 Å². The van der Waals surface area contributed by atoms with Crippen LogP contribution in [0, 0.1) is 17.8 Å². The van der Waals surface area contributed by atoms with E-state index in [1.165, 1.54) is 6.42 Å². The first-order valence-electron chi connectivity index (χ1n) is 7.16. The Balaban J connectivity index is 1.56. The molecule has 2 aliphatic rings. The van der Waals surface area contributed by atoms with Gasteiger partial charge in [0, 0.05) is 17.7 Å². The van der Waals surface area contributed by atoms with Gasteiger partial charge >= 0.3 is 0 Å². The summed E-state index contributed by atoms with van der Waals surface area (Å²) in [6.45, 7) is -0.000114. The van der Waals surface area contributed by atoms with Crippen molar-refractivity contribution in [3.63, 3.8) is 0 Å². The predicted octanol–water partition coefficient (Wildman–Crippen LogP) is 1.80. The Morgan fingerprint density at radius 2 is 2.14 bits per heavy atom. The molecular formula is C15H19N3O3. The Hall–Kier alpha value is -2.24. The van der Waals surface area contributed by atoms with E-state index in [0.717, 1.165) is 24.7 Å². The van der Waals surface area contributed by atoms with Crippen molar-refractivity contribution >= 4 is 17.4 Å². The molecule has 0 radical (unpaired) electrons. The van der Waals surface area contributed by atoms with Gasteiger partial charge in [-0.05, 0) is 43.2 Å². The molecule has 1 amide bonds. The second-order valence-electron chi connectivity index (χ2n) is 5.82. The van der Waals surface area contributed by atoms with Gasteiger partial charge in [0.25, 0.3) is 0 Å². The van der Waals surface area contributed by atoms with Gasteiger partial charge in [-0.2, -0.15) is 0 Å². The smallest absolute Gasteiger partial charge is 0.227 e. The van der Waals surface area contributed by atoms with E-state index in [4.69, 9.17) is 15.7 Å². The summed E-state index contributed by atoms with van der Waals surface area (Å²) in [6, 6.07) is 7.11. The van der Waals surface area contributed by atoms with Crippen LogP contribution in [0.25, 0.3) is 0 Å². The van der Waals surface area contributed by atoms with Crippen LogP contribution in [0.15, 0.2) is 29.4 Å². The molecule has 2 fully saturated rings. The van der Waals surface area contributed by atoms with Gasteiger partial charge in [-0.25, -0.2) is 0 Å². The molecule has 0 aliphatic heterocycles. The maximum Gasteiger partial charge on any atom is 0.227 e. The number of carbonyl (C=O) groups is 1. The molecule has 1 aromatic rings. The van der Waals surface area contributed by atoms with E-state index in [1.54, 1.807) is 18.2 Å². The zero-order valence-corrected chi connectivity index (χ0v) is 11.7. The highest BCUT2D eigenvalue weighted by atomic mass is 16.5. The van der Waals surface area contributed by atoms with Crippen molar-refractivity contribution in [2.45, 2.75) is 19.3 Å². The van der Waals surface area contributed by atoms with Crippen molar-refractivity contribution in [2.75, 3.05) is 11.9 Å². The average molecular weight is 289 g/mol. The van der Waals surface area contributed by atoms with E-state index < -0.39 is 0 Å². The van der Waals surface area contributed by atoms with Crippen LogP contribution in [-0.2, 0) is 4.79 Å². The van der Waals surface area contributed by atoms with Gasteiger partial charge in [0.15, 0.2) is 5.84 Å². The average Bonchev–Trinajstić information content (AvgIpc) is 3.11. The maximum atomic E-state index is 12.2. The first kappa shape index (κ1) is 13.7. The predicted molar refractivity (Wildman–Crippen MR) is 78.3 cm³/mol. The number of amidine groups is 1. The SMILES string of the molecule is N/C(COc1cccc(NC(=O)C2CC3CC3C2)c1)=N/O. The van der Waals surface area contributed by atoms with E-state index in [1.807, 2.05) is 6.07 Å². The number of rotatable bonds is 5. The zero-order chi connectivity index (χ0) is 14.8. The summed E-state index contributed by atoms with van der Waals surface area (Å²) < 4.78 is 5.36. The lowest BCUT2D eigenvalue weighted by Gasteiger charge is -2.13. The first-order chi connectivity index (χ1) is 10.2. The number of ether oxygens (including phenoxy) is 1. The van der Waals surface area contributed by atoms with Gasteiger partial charge in [-0.15, -0.1) is 0 Å². The van der Waals surface area contributed by atoms with Crippen LogP contribution in [-0.4, -0.2) is 23.6 Å². The van der Waals surface area contributed by atoms with E-state index in [9.17, 15) is 4.79 Å². The molecule has 6 nitrogen and oxygen atoms in total. The van der Waals surface area contributed by atoms with Gasteiger partial charge in [-0.1, -0.05) is 11.2 Å². The molecule has 2 aliphatic carbocycles. The van der Waals surface area contributed by atoms with Crippen molar-refractivity contribution in [3.05, 3.63) is 24.3 Å². The third kappa shape index (κ3) is 3.26. The summed E-state index contributed by atoms with van der Waals surface area (Å²) in [4.78, 5) is 12.2. The van der Waals surface area contributed by atoms with Crippen molar-refractivity contribution in [1.29, 1.82) is 0 Å². The number of nitrogens with two attached hydrogens (primary N) is 1. The lowest BCUT2D eigenvalue weighted by molar-refractivity contribution is -0.120. The van der Waals surface area contributed by atoms with Gasteiger partial charge in [0.1, 0.15) is 12.4 Å². The van der Waals surface area contributed by atoms with Gasteiger partial charge in [0.05, 0.1) is 0 Å². The summed E-state index contributed by atoms with van der Waals surface area (Å²) in [6.07, 6.45) is 3.35. The molecule has 4 N–H and O–H groups in total. The highest BCUT2D eigenvalue weighted by molar-refractivity contribution is 5.93. The quantitative estimate of drug-likeness (QED) is 0.333. The fourth-order valence-electron chi connectivity index (χ4n) is 3.02. The highest BCUT2D eigenvalue weighted by Gasteiger charge is 2.47. The molecule has 0 aromatic heterocycles. The van der Waals surface area contributed by atoms with Gasteiger partial charge in [0.2, 0.25) is 5.91 Å². The monoisotopic (exact) mass is 289 g/mol. The first-order valence-corrected chi connectivity index (χ1v) is 7.16. The summed E-state index contributed by atoms with van der Waals surface area (Å²) in [5.41, 5.74) is 6.05. The Labute approximate surface area is 123 Å². The highest BCUT2D eigenvalue weighted by Crippen LogP contribution is 2.54. The second-order valence-corrected chi connectivity index (χ2v) is 5.82. The number of nitrogens with zero attached hydrogens (tertiary/aromatic N) is 1. The summed E-state index contributed by atoms with van der Waals surface area (Å²) in [5.74, 6) is 2.38. The fourth-order valence-corrected chi connectivity index (χ4v) is 3.02. The number of benzene rings is 1. The third-order valence-electron chi connectivity index (χ3n) is 4.23. The Bertz CT molecular complexity index is 563. The molecule has 2 saturated carbocycles. The molecule has 2 unspecified atom stereocenters. The van der Waals surface area contributed by atoms with Crippen molar-refractivity contribution in [1.82, 2.24) is 0 Å². The van der Waals surface area contributed by atoms with Crippen LogP contribution >= 0.6 is 0 Å². The van der Waals surface area contributed by atoms with Crippen LogP contribution in [0.3, 0.4) is 0 Å². The molecule has 0 saturated heterocycles. The summed E-state index contributed by atoms with van der Waals surface area (Å²) in [5, 5.41) is 14.2. The molecule has 0 heterocycles. The van der Waals surface area contributed by atoms with Crippen LogP contribution in [0.5, 0.6) is 5.75 Å². The number of anilines is 1. The van der Waals surface area contributed by atoms with Crippen LogP contribution < -0.4 is 15.8 Å². The van der Waals surface area contributed by atoms with Gasteiger partial charge < -0.3 is 21.0 Å². The zero-order valence-electron chi connectivity index (χ0n) is 11.7. The lowest BCUT2D eigenvalue weighted by Crippen LogP contribution is -2.22. The van der Waals surface area contributed by atoms with Crippen molar-refractivity contribution in [3.8, 4) is 5.75 Å². The number of hydrogen-bond donors (Lipinski definition) is 3. The molecule has 0 spiro atoms. The number of oxime groups is 1. The number of amides is 1. The Morgan fingerprint density at radius 1 is 1.38 bits per heavy atom. The van der Waals surface area contributed by atoms with Crippen LogP contribution in [0.2, 0.25) is 0 Å². The Kier molecular flexibility index (Phi) is 3.68. The van der Waals surface area contributed by atoms with E-state index in [0.29, 0.717) is 11.4 Å². The van der Waals surface area contributed by atoms with Gasteiger partial charge in [-0.3, -0.25) is 4.79 Å². The molecule has 3 rings (SSSR count). The molecule has 1 aromatic carbocycles. The number of fused-ring (bicyclic) bond motifs is 1. The molecule has 21 heavy (non-hydrogen) atoms. The third-order valence-corrected chi connectivity index (χ3v) is 4.23. The summed E-state index contributed by atoms with van der Waals surface area (Å²) in [7, 11) is 0. The van der Waals surface area contributed by atoms with Crippen molar-refractivity contribution < 1.29 is 14.7 Å². The lowest BCUT2D eigenvalue weighted by atomic mass is 10.0. The normalized spacial score (nSPS) is 27.0. The van der Waals surface area contributed by atoms with E-state index >= 15 is 0 Å². The largest absolute Gasteiger partial charge is 0.485 e. The fraction of sp³-hybridized carbons (Fsp3) is 0.467. The second kappa shape index (κ2) is 5.63. The molecule has 0 bridgehead atoms. The Morgan fingerprint density at radius 3 is 2.86 bits per heavy atom. The maximum absolute atomic E-state index is 12.2. The molecule has 6 heteroatoms. The van der Waals surface area contributed by atoms with E-state index in [2.05, 4.69) is 10.5 Å². The number of carbonyl (C=O) groups excluding carboxylic acids is 1. The topological polar surface area (TPSA) is 96.9 Å². The van der Waals surface area contributed by atoms with E-state index in [-0.39, 0.29) is 24.3 Å². The minimum atomic E-state index is -0.00498. The van der Waals surface area contributed by atoms with Crippen LogP contribution in [0.1, 0.15) is 19.3 Å². The summed E-state index contributed by atoms with van der Waals surface area (Å²) >= 11 is 0. The number of nitrogens with one attached hydrogen (secondary N) is 1. The van der Waals surface area contributed by atoms with Crippen molar-refractivity contribution in [2.24, 2.45) is 28.6 Å². The molecule has 2 atom stereocenters. The number of hydrogen-bond acceptors (Lipinski definition) is 4. The standard InChI is InChI=1S/C15H19N3O3/c16-14(18-20)8-21-13-3-1-2-12(7-13)17-15(19)11-5-9-4-10(9)6-11/h1-3,7,9-11,20H,4-6,8H2,(H2,16,18)(H,17,19).